The number of rotatable bonds is 5. The minimum Gasteiger partial charge on any atom is -0.497 e. The Morgan fingerprint density at radius 2 is 2.00 bits per heavy atom. The van der Waals surface area contributed by atoms with Crippen LogP contribution in [-0.2, 0) is 9.53 Å². The predicted octanol–water partition coefficient (Wildman–Crippen LogP) is 1.33. The van der Waals surface area contributed by atoms with Crippen molar-refractivity contribution in [2.75, 3.05) is 20.3 Å². The molecule has 0 unspecified atom stereocenters. The van der Waals surface area contributed by atoms with Gasteiger partial charge >= 0.3 is 5.97 Å². The van der Waals surface area contributed by atoms with E-state index in [2.05, 4.69) is 0 Å². The molecule has 0 heterocycles. The summed E-state index contributed by atoms with van der Waals surface area (Å²) >= 11 is 0. The Kier molecular flexibility index (Phi) is 4.79. The normalized spacial score (nSPS) is 11.9. The van der Waals surface area contributed by atoms with Gasteiger partial charge in [0.1, 0.15) is 11.7 Å². The van der Waals surface area contributed by atoms with Crippen LogP contribution in [0.3, 0.4) is 0 Å². The van der Waals surface area contributed by atoms with Gasteiger partial charge in [0.25, 0.3) is 0 Å². The van der Waals surface area contributed by atoms with Gasteiger partial charge in [0.05, 0.1) is 20.3 Å². The molecule has 0 bridgehead atoms. The van der Waals surface area contributed by atoms with Crippen molar-refractivity contribution in [3.63, 3.8) is 0 Å². The minimum atomic E-state index is -0.620. The van der Waals surface area contributed by atoms with E-state index >= 15 is 0 Å². The Hall–Kier alpha value is -1.55. The fraction of sp³-hybridized carbons (Fsp3) is 0.417. The molecule has 0 radical (unpaired) electrons. The summed E-state index contributed by atoms with van der Waals surface area (Å²) < 4.78 is 9.89. The summed E-state index contributed by atoms with van der Waals surface area (Å²) in [5, 5.41) is 9.17. The average Bonchev–Trinajstić information content (AvgIpc) is 2.31. The molecular formula is C12H16O4. The molecule has 0 saturated carbocycles. The monoisotopic (exact) mass is 224 g/mol. The van der Waals surface area contributed by atoms with Crippen molar-refractivity contribution in [3.05, 3.63) is 29.8 Å². The summed E-state index contributed by atoms with van der Waals surface area (Å²) in [5.74, 6) is -0.315. The highest BCUT2D eigenvalue weighted by Crippen LogP contribution is 2.20. The van der Waals surface area contributed by atoms with Crippen LogP contribution in [-0.4, -0.2) is 31.4 Å². The fourth-order valence-electron chi connectivity index (χ4n) is 1.40. The molecule has 0 aliphatic rings. The lowest BCUT2D eigenvalue weighted by Gasteiger charge is -2.13. The highest BCUT2D eigenvalue weighted by molar-refractivity contribution is 5.78. The van der Waals surface area contributed by atoms with Crippen molar-refractivity contribution in [2.45, 2.75) is 12.8 Å². The van der Waals surface area contributed by atoms with E-state index in [-0.39, 0.29) is 6.61 Å². The number of carbonyl (C=O) groups excluding carboxylic acids is 1. The molecule has 0 amide bonds. The highest BCUT2D eigenvalue weighted by Gasteiger charge is 2.20. The van der Waals surface area contributed by atoms with Crippen LogP contribution in [0, 0.1) is 0 Å². The van der Waals surface area contributed by atoms with E-state index in [1.165, 1.54) is 0 Å². The Morgan fingerprint density at radius 3 is 2.44 bits per heavy atom. The molecule has 0 aromatic heterocycles. The van der Waals surface area contributed by atoms with E-state index in [4.69, 9.17) is 9.47 Å². The van der Waals surface area contributed by atoms with Crippen molar-refractivity contribution >= 4 is 5.97 Å². The van der Waals surface area contributed by atoms with Gasteiger partial charge in [0.2, 0.25) is 0 Å². The van der Waals surface area contributed by atoms with Crippen molar-refractivity contribution in [1.29, 1.82) is 0 Å². The first kappa shape index (κ1) is 12.5. The summed E-state index contributed by atoms with van der Waals surface area (Å²) in [7, 11) is 1.57. The van der Waals surface area contributed by atoms with Crippen molar-refractivity contribution in [3.8, 4) is 5.75 Å². The molecule has 4 nitrogen and oxygen atoms in total. The Balaban J connectivity index is 2.82. The van der Waals surface area contributed by atoms with Gasteiger partial charge in [-0.05, 0) is 24.6 Å². The van der Waals surface area contributed by atoms with E-state index in [1.807, 2.05) is 0 Å². The second kappa shape index (κ2) is 6.12. The van der Waals surface area contributed by atoms with Gasteiger partial charge in [-0.3, -0.25) is 4.79 Å². The fourth-order valence-corrected chi connectivity index (χ4v) is 1.40. The Labute approximate surface area is 94.8 Å². The molecule has 1 rings (SSSR count). The molecule has 0 aliphatic heterocycles. The van der Waals surface area contributed by atoms with Crippen LogP contribution in [0.25, 0.3) is 0 Å². The first-order chi connectivity index (χ1) is 7.72. The number of hydrogen-bond acceptors (Lipinski definition) is 4. The third kappa shape index (κ3) is 2.97. The minimum absolute atomic E-state index is 0.259. The molecule has 0 spiro atoms. The lowest BCUT2D eigenvalue weighted by atomic mass is 10.0. The van der Waals surface area contributed by atoms with Gasteiger partial charge in [0.15, 0.2) is 0 Å². The maximum Gasteiger partial charge on any atom is 0.315 e. The zero-order valence-electron chi connectivity index (χ0n) is 9.47. The lowest BCUT2D eigenvalue weighted by molar-refractivity contribution is -0.145. The van der Waals surface area contributed by atoms with Crippen LogP contribution < -0.4 is 4.74 Å². The first-order valence-corrected chi connectivity index (χ1v) is 5.14. The van der Waals surface area contributed by atoms with Crippen LogP contribution in [0.4, 0.5) is 0 Å². The average molecular weight is 224 g/mol. The van der Waals surface area contributed by atoms with Gasteiger partial charge in [0, 0.05) is 0 Å². The number of carbonyl (C=O) groups is 1. The van der Waals surface area contributed by atoms with Crippen LogP contribution in [0.5, 0.6) is 5.75 Å². The molecule has 0 saturated heterocycles. The quantitative estimate of drug-likeness (QED) is 0.767. The largest absolute Gasteiger partial charge is 0.497 e. The molecule has 4 heteroatoms. The van der Waals surface area contributed by atoms with E-state index < -0.39 is 11.9 Å². The number of methoxy groups -OCH3 is 1. The molecule has 0 fully saturated rings. The van der Waals surface area contributed by atoms with E-state index in [0.29, 0.717) is 12.4 Å². The number of esters is 1. The second-order valence-corrected chi connectivity index (χ2v) is 3.26. The third-order valence-electron chi connectivity index (χ3n) is 2.27. The van der Waals surface area contributed by atoms with Crippen LogP contribution in [0.2, 0.25) is 0 Å². The number of benzene rings is 1. The molecule has 1 aromatic carbocycles. The molecule has 16 heavy (non-hydrogen) atoms. The summed E-state index contributed by atoms with van der Waals surface area (Å²) in [6, 6.07) is 6.99. The van der Waals surface area contributed by atoms with Crippen molar-refractivity contribution in [1.82, 2.24) is 0 Å². The zero-order chi connectivity index (χ0) is 12.0. The van der Waals surface area contributed by atoms with Gasteiger partial charge in [-0.2, -0.15) is 0 Å². The maximum atomic E-state index is 11.5. The summed E-state index contributed by atoms with van der Waals surface area (Å²) in [4.78, 5) is 11.5. The summed E-state index contributed by atoms with van der Waals surface area (Å²) in [5.41, 5.74) is 0.724. The highest BCUT2D eigenvalue weighted by atomic mass is 16.5. The number of aliphatic hydroxyl groups excluding tert-OH is 1. The van der Waals surface area contributed by atoms with Gasteiger partial charge in [-0.15, -0.1) is 0 Å². The van der Waals surface area contributed by atoms with E-state index in [0.717, 1.165) is 5.56 Å². The van der Waals surface area contributed by atoms with Gasteiger partial charge in [-0.25, -0.2) is 0 Å². The summed E-state index contributed by atoms with van der Waals surface area (Å²) in [6.07, 6.45) is 0. The molecule has 1 atom stereocenters. The van der Waals surface area contributed by atoms with E-state index in [1.54, 1.807) is 38.3 Å². The molecular weight excluding hydrogens is 208 g/mol. The molecule has 1 aromatic rings. The SMILES string of the molecule is CCOC(=O)[C@H](CO)c1ccc(OC)cc1. The predicted molar refractivity (Wildman–Crippen MR) is 59.5 cm³/mol. The zero-order valence-corrected chi connectivity index (χ0v) is 9.47. The topological polar surface area (TPSA) is 55.8 Å². The van der Waals surface area contributed by atoms with Gasteiger partial charge < -0.3 is 14.6 Å². The smallest absolute Gasteiger partial charge is 0.315 e. The Bertz CT molecular complexity index is 331. The lowest BCUT2D eigenvalue weighted by Crippen LogP contribution is -2.19. The molecule has 1 N–H and O–H groups in total. The third-order valence-corrected chi connectivity index (χ3v) is 2.27. The van der Waals surface area contributed by atoms with Crippen LogP contribution in [0.15, 0.2) is 24.3 Å². The number of hydrogen-bond donors (Lipinski definition) is 1. The number of ether oxygens (including phenoxy) is 2. The van der Waals surface area contributed by atoms with Crippen molar-refractivity contribution in [2.24, 2.45) is 0 Å². The molecule has 0 aliphatic carbocycles. The molecule has 88 valence electrons. The maximum absolute atomic E-state index is 11.5. The summed E-state index contributed by atoms with van der Waals surface area (Å²) in [6.45, 7) is 1.79. The van der Waals surface area contributed by atoms with Crippen LogP contribution in [0.1, 0.15) is 18.4 Å². The van der Waals surface area contributed by atoms with Crippen molar-refractivity contribution < 1.29 is 19.4 Å². The van der Waals surface area contributed by atoms with E-state index in [9.17, 15) is 9.90 Å². The van der Waals surface area contributed by atoms with Crippen LogP contribution >= 0.6 is 0 Å². The Morgan fingerprint density at radius 1 is 1.38 bits per heavy atom. The first-order valence-electron chi connectivity index (χ1n) is 5.14. The standard InChI is InChI=1S/C12H16O4/c1-3-16-12(14)11(8-13)9-4-6-10(15-2)7-5-9/h4-7,11,13H,3,8H2,1-2H3/t11-/m1/s1. The second-order valence-electron chi connectivity index (χ2n) is 3.26. The number of aliphatic hydroxyl groups is 1. The van der Waals surface area contributed by atoms with Gasteiger partial charge in [-0.1, -0.05) is 12.1 Å².